The molecule has 1 heterocycles. The van der Waals surface area contributed by atoms with Gasteiger partial charge in [-0.15, -0.1) is 0 Å². The lowest BCUT2D eigenvalue weighted by Gasteiger charge is -2.36. The molecule has 2 atom stereocenters. The van der Waals surface area contributed by atoms with Crippen LogP contribution in [-0.2, 0) is 4.79 Å². The number of aryl methyl sites for hydroxylation is 1. The van der Waals surface area contributed by atoms with Gasteiger partial charge in [0.1, 0.15) is 0 Å². The maximum absolute atomic E-state index is 12.4. The number of anilines is 1. The van der Waals surface area contributed by atoms with E-state index in [2.05, 4.69) is 32.9 Å². The van der Waals surface area contributed by atoms with Crippen molar-refractivity contribution in [1.29, 1.82) is 0 Å². The fourth-order valence-corrected chi connectivity index (χ4v) is 2.72. The van der Waals surface area contributed by atoms with Crippen molar-refractivity contribution < 1.29 is 4.79 Å². The summed E-state index contributed by atoms with van der Waals surface area (Å²) in [6.07, 6.45) is 2.06. The third kappa shape index (κ3) is 2.36. The fraction of sp³-hybridized carbons (Fsp3) is 0.533. The molecule has 17 heavy (non-hydrogen) atoms. The summed E-state index contributed by atoms with van der Waals surface area (Å²) in [4.78, 5) is 14.4. The van der Waals surface area contributed by atoms with Gasteiger partial charge in [-0.25, -0.2) is 0 Å². The van der Waals surface area contributed by atoms with Crippen LogP contribution in [0.25, 0.3) is 0 Å². The molecule has 0 saturated carbocycles. The predicted octanol–water partition coefficient (Wildman–Crippen LogP) is 3.39. The van der Waals surface area contributed by atoms with Crippen LogP contribution in [0.4, 0.5) is 5.69 Å². The minimum Gasteiger partial charge on any atom is -0.312 e. The topological polar surface area (TPSA) is 20.3 Å². The van der Waals surface area contributed by atoms with E-state index in [1.165, 1.54) is 5.56 Å². The zero-order chi connectivity index (χ0) is 12.4. The first-order valence-electron chi connectivity index (χ1n) is 6.51. The number of hydrogen-bond acceptors (Lipinski definition) is 1. The molecule has 1 aliphatic heterocycles. The zero-order valence-electron chi connectivity index (χ0n) is 10.9. The molecule has 1 aliphatic rings. The van der Waals surface area contributed by atoms with Crippen LogP contribution < -0.4 is 4.90 Å². The van der Waals surface area contributed by atoms with Crippen molar-refractivity contribution in [2.24, 2.45) is 11.8 Å². The van der Waals surface area contributed by atoms with E-state index in [0.717, 1.165) is 25.1 Å². The molecular weight excluding hydrogens is 210 g/mol. The maximum atomic E-state index is 12.4. The average Bonchev–Trinajstić information content (AvgIpc) is 2.29. The van der Waals surface area contributed by atoms with Crippen LogP contribution in [0.5, 0.6) is 0 Å². The van der Waals surface area contributed by atoms with Gasteiger partial charge in [0.25, 0.3) is 0 Å². The molecule has 1 aromatic carbocycles. The number of carbonyl (C=O) groups excluding carboxylic acids is 1. The lowest BCUT2D eigenvalue weighted by Crippen LogP contribution is -2.44. The Bertz CT molecular complexity index is 413. The lowest BCUT2D eigenvalue weighted by molar-refractivity contribution is -0.125. The van der Waals surface area contributed by atoms with Gasteiger partial charge in [0.2, 0.25) is 5.91 Å². The van der Waals surface area contributed by atoms with E-state index in [9.17, 15) is 4.79 Å². The van der Waals surface area contributed by atoms with Crippen LogP contribution in [0.2, 0.25) is 0 Å². The highest BCUT2D eigenvalue weighted by atomic mass is 16.2. The number of benzene rings is 1. The predicted molar refractivity (Wildman–Crippen MR) is 71.1 cm³/mol. The van der Waals surface area contributed by atoms with E-state index < -0.39 is 0 Å². The number of piperidine rings is 1. The third-order valence-electron chi connectivity index (χ3n) is 3.83. The Morgan fingerprint density at radius 3 is 2.82 bits per heavy atom. The molecule has 0 radical (unpaired) electrons. The van der Waals surface area contributed by atoms with E-state index in [1.54, 1.807) is 0 Å². The third-order valence-corrected chi connectivity index (χ3v) is 3.83. The summed E-state index contributed by atoms with van der Waals surface area (Å²) in [6.45, 7) is 7.23. The lowest BCUT2D eigenvalue weighted by atomic mass is 9.84. The summed E-state index contributed by atoms with van der Waals surface area (Å²) in [6, 6.07) is 8.23. The Hall–Kier alpha value is -1.31. The van der Waals surface area contributed by atoms with Gasteiger partial charge in [0.05, 0.1) is 0 Å². The van der Waals surface area contributed by atoms with E-state index in [-0.39, 0.29) is 5.92 Å². The maximum Gasteiger partial charge on any atom is 0.230 e. The molecule has 0 N–H and O–H groups in total. The first-order valence-corrected chi connectivity index (χ1v) is 6.51. The summed E-state index contributed by atoms with van der Waals surface area (Å²) in [5, 5.41) is 0. The van der Waals surface area contributed by atoms with Gasteiger partial charge >= 0.3 is 0 Å². The van der Waals surface area contributed by atoms with Crippen LogP contribution in [0.15, 0.2) is 24.3 Å². The summed E-state index contributed by atoms with van der Waals surface area (Å²) in [7, 11) is 0. The van der Waals surface area contributed by atoms with Gasteiger partial charge in [-0.3, -0.25) is 4.79 Å². The molecule has 1 saturated heterocycles. The van der Waals surface area contributed by atoms with Crippen LogP contribution in [0.1, 0.15) is 32.3 Å². The van der Waals surface area contributed by atoms with Crippen molar-refractivity contribution in [3.05, 3.63) is 29.8 Å². The Morgan fingerprint density at radius 2 is 2.18 bits per heavy atom. The SMILES string of the molecule is CCC1C(=O)N(c2cccc(C)c2)CC[C@H]1C. The van der Waals surface area contributed by atoms with Crippen LogP contribution in [0.3, 0.4) is 0 Å². The van der Waals surface area contributed by atoms with Crippen LogP contribution in [-0.4, -0.2) is 12.5 Å². The van der Waals surface area contributed by atoms with Crippen LogP contribution in [0, 0.1) is 18.8 Å². The molecule has 92 valence electrons. The molecule has 0 spiro atoms. The second kappa shape index (κ2) is 4.91. The molecule has 0 bridgehead atoms. The summed E-state index contributed by atoms with van der Waals surface area (Å²) in [5.41, 5.74) is 2.27. The van der Waals surface area contributed by atoms with Crippen molar-refractivity contribution in [3.63, 3.8) is 0 Å². The fourth-order valence-electron chi connectivity index (χ4n) is 2.72. The van der Waals surface area contributed by atoms with Gasteiger partial charge in [0.15, 0.2) is 0 Å². The summed E-state index contributed by atoms with van der Waals surface area (Å²) in [5.74, 6) is 1.02. The minimum atomic E-state index is 0.198. The highest BCUT2D eigenvalue weighted by molar-refractivity contribution is 5.96. The monoisotopic (exact) mass is 231 g/mol. The second-order valence-corrected chi connectivity index (χ2v) is 5.11. The molecule has 1 amide bonds. The molecule has 0 aliphatic carbocycles. The largest absolute Gasteiger partial charge is 0.312 e. The van der Waals surface area contributed by atoms with Gasteiger partial charge < -0.3 is 4.90 Å². The molecule has 1 aromatic rings. The Kier molecular flexibility index (Phi) is 3.51. The van der Waals surface area contributed by atoms with E-state index >= 15 is 0 Å². The van der Waals surface area contributed by atoms with Crippen molar-refractivity contribution in [2.45, 2.75) is 33.6 Å². The van der Waals surface area contributed by atoms with Gasteiger partial charge in [-0.05, 0) is 43.4 Å². The first kappa shape index (κ1) is 12.2. The molecule has 1 fully saturated rings. The van der Waals surface area contributed by atoms with Crippen molar-refractivity contribution in [2.75, 3.05) is 11.4 Å². The normalized spacial score (nSPS) is 25.1. The number of carbonyl (C=O) groups is 1. The molecule has 2 nitrogen and oxygen atoms in total. The number of rotatable bonds is 2. The summed E-state index contributed by atoms with van der Waals surface area (Å²) >= 11 is 0. The number of amides is 1. The minimum absolute atomic E-state index is 0.198. The van der Waals surface area contributed by atoms with E-state index in [4.69, 9.17) is 0 Å². The number of nitrogens with zero attached hydrogens (tertiary/aromatic N) is 1. The highest BCUT2D eigenvalue weighted by Crippen LogP contribution is 2.30. The van der Waals surface area contributed by atoms with Crippen molar-refractivity contribution in [1.82, 2.24) is 0 Å². The Balaban J connectivity index is 2.25. The molecular formula is C15H21NO. The Labute approximate surface area is 104 Å². The molecule has 0 aromatic heterocycles. The molecule has 2 rings (SSSR count). The van der Waals surface area contributed by atoms with Gasteiger partial charge in [-0.1, -0.05) is 26.0 Å². The van der Waals surface area contributed by atoms with Crippen molar-refractivity contribution in [3.8, 4) is 0 Å². The molecule has 2 heteroatoms. The standard InChI is InChI=1S/C15H21NO/c1-4-14-12(3)8-9-16(15(14)17)13-7-5-6-11(2)10-13/h5-7,10,12,14H,4,8-9H2,1-3H3/t12-,14?/m1/s1. The average molecular weight is 231 g/mol. The van der Waals surface area contributed by atoms with E-state index in [1.807, 2.05) is 17.0 Å². The second-order valence-electron chi connectivity index (χ2n) is 5.11. The van der Waals surface area contributed by atoms with Crippen LogP contribution >= 0.6 is 0 Å². The highest BCUT2D eigenvalue weighted by Gasteiger charge is 2.33. The number of hydrogen-bond donors (Lipinski definition) is 0. The van der Waals surface area contributed by atoms with Gasteiger partial charge in [-0.2, -0.15) is 0 Å². The Morgan fingerprint density at radius 1 is 1.41 bits per heavy atom. The first-order chi connectivity index (χ1) is 8.13. The molecule has 1 unspecified atom stereocenters. The smallest absolute Gasteiger partial charge is 0.230 e. The summed E-state index contributed by atoms with van der Waals surface area (Å²) < 4.78 is 0. The van der Waals surface area contributed by atoms with E-state index in [0.29, 0.717) is 11.8 Å². The van der Waals surface area contributed by atoms with Gasteiger partial charge in [0, 0.05) is 18.2 Å². The zero-order valence-corrected chi connectivity index (χ0v) is 10.9. The van der Waals surface area contributed by atoms with Crippen molar-refractivity contribution >= 4 is 11.6 Å². The quantitative estimate of drug-likeness (QED) is 0.764.